The molecule has 0 aliphatic rings. The van der Waals surface area contributed by atoms with E-state index in [4.69, 9.17) is 0 Å². The normalized spacial score (nSPS) is 10.9. The van der Waals surface area contributed by atoms with E-state index in [1.54, 1.807) is 11.3 Å². The standard InChI is InChI=1S/C11H18N2OS/c1-3-5-13(6-4-2)7-11-12-10(8-14)9-15-11/h8-9H,3-7H2,1-2H3. The first kappa shape index (κ1) is 12.3. The van der Waals surface area contributed by atoms with Crippen molar-refractivity contribution in [2.75, 3.05) is 13.1 Å². The van der Waals surface area contributed by atoms with Gasteiger partial charge in [0.1, 0.15) is 10.7 Å². The number of aldehydes is 1. The van der Waals surface area contributed by atoms with Crippen molar-refractivity contribution >= 4 is 17.6 Å². The lowest BCUT2D eigenvalue weighted by atomic mass is 10.3. The highest BCUT2D eigenvalue weighted by atomic mass is 32.1. The molecule has 0 unspecified atom stereocenters. The molecule has 0 spiro atoms. The average Bonchev–Trinajstić information content (AvgIpc) is 2.66. The monoisotopic (exact) mass is 226 g/mol. The van der Waals surface area contributed by atoms with Crippen molar-refractivity contribution in [3.8, 4) is 0 Å². The molecule has 0 aliphatic heterocycles. The van der Waals surface area contributed by atoms with Gasteiger partial charge in [0.25, 0.3) is 0 Å². The Morgan fingerprint density at radius 3 is 2.53 bits per heavy atom. The maximum Gasteiger partial charge on any atom is 0.169 e. The molecule has 1 aromatic heterocycles. The lowest BCUT2D eigenvalue weighted by Gasteiger charge is -2.19. The minimum Gasteiger partial charge on any atom is -0.297 e. The summed E-state index contributed by atoms with van der Waals surface area (Å²) in [5.74, 6) is 0. The maximum atomic E-state index is 10.5. The van der Waals surface area contributed by atoms with Gasteiger partial charge in [-0.25, -0.2) is 4.98 Å². The number of hydrogen-bond acceptors (Lipinski definition) is 4. The highest BCUT2D eigenvalue weighted by molar-refractivity contribution is 7.09. The lowest BCUT2D eigenvalue weighted by molar-refractivity contribution is 0.111. The second-order valence-corrected chi connectivity index (χ2v) is 4.50. The number of carbonyl (C=O) groups excluding carboxylic acids is 1. The number of thiazole rings is 1. The summed E-state index contributed by atoms with van der Waals surface area (Å²) in [6.45, 7) is 7.44. The van der Waals surface area contributed by atoms with Crippen molar-refractivity contribution in [3.05, 3.63) is 16.1 Å². The molecule has 4 heteroatoms. The van der Waals surface area contributed by atoms with Gasteiger partial charge < -0.3 is 0 Å². The molecule has 3 nitrogen and oxygen atoms in total. The van der Waals surface area contributed by atoms with Gasteiger partial charge in [0.2, 0.25) is 0 Å². The number of rotatable bonds is 7. The maximum absolute atomic E-state index is 10.5. The molecule has 0 aromatic carbocycles. The summed E-state index contributed by atoms with van der Waals surface area (Å²) < 4.78 is 0. The van der Waals surface area contributed by atoms with E-state index in [0.29, 0.717) is 5.69 Å². The fraction of sp³-hybridized carbons (Fsp3) is 0.636. The van der Waals surface area contributed by atoms with E-state index in [2.05, 4.69) is 23.7 Å². The van der Waals surface area contributed by atoms with E-state index >= 15 is 0 Å². The Morgan fingerprint density at radius 1 is 1.40 bits per heavy atom. The molecule has 0 atom stereocenters. The van der Waals surface area contributed by atoms with Gasteiger partial charge in [0, 0.05) is 5.38 Å². The van der Waals surface area contributed by atoms with Crippen molar-refractivity contribution in [2.45, 2.75) is 33.2 Å². The molecule has 15 heavy (non-hydrogen) atoms. The van der Waals surface area contributed by atoms with Crippen molar-refractivity contribution < 1.29 is 4.79 Å². The van der Waals surface area contributed by atoms with E-state index in [0.717, 1.165) is 43.8 Å². The van der Waals surface area contributed by atoms with Crippen LogP contribution < -0.4 is 0 Å². The third kappa shape index (κ3) is 4.10. The molecule has 84 valence electrons. The summed E-state index contributed by atoms with van der Waals surface area (Å²) in [5.41, 5.74) is 0.558. The fourth-order valence-corrected chi connectivity index (χ4v) is 2.33. The highest BCUT2D eigenvalue weighted by Crippen LogP contribution is 2.11. The van der Waals surface area contributed by atoms with Crippen LogP contribution in [-0.2, 0) is 6.54 Å². The van der Waals surface area contributed by atoms with E-state index in [1.165, 1.54) is 0 Å². The molecule has 0 N–H and O–H groups in total. The van der Waals surface area contributed by atoms with Gasteiger partial charge in [0.15, 0.2) is 6.29 Å². The first-order chi connectivity index (χ1) is 7.30. The van der Waals surface area contributed by atoms with Crippen molar-refractivity contribution in [2.24, 2.45) is 0 Å². The number of carbonyl (C=O) groups is 1. The van der Waals surface area contributed by atoms with Crippen molar-refractivity contribution in [1.29, 1.82) is 0 Å². The topological polar surface area (TPSA) is 33.2 Å². The predicted octanol–water partition coefficient (Wildman–Crippen LogP) is 2.58. The summed E-state index contributed by atoms with van der Waals surface area (Å²) in [6.07, 6.45) is 3.13. The van der Waals surface area contributed by atoms with Crippen LogP contribution in [-0.4, -0.2) is 29.3 Å². The fourth-order valence-electron chi connectivity index (χ4n) is 1.55. The molecular weight excluding hydrogens is 208 g/mol. The Morgan fingerprint density at radius 2 is 2.07 bits per heavy atom. The molecule has 0 saturated heterocycles. The molecule has 0 amide bonds. The van der Waals surface area contributed by atoms with Crippen LogP contribution in [0.5, 0.6) is 0 Å². The second-order valence-electron chi connectivity index (χ2n) is 3.56. The minimum absolute atomic E-state index is 0.558. The Kier molecular flexibility index (Phi) is 5.50. The van der Waals surface area contributed by atoms with Crippen LogP contribution in [0.3, 0.4) is 0 Å². The van der Waals surface area contributed by atoms with Gasteiger partial charge >= 0.3 is 0 Å². The third-order valence-electron chi connectivity index (χ3n) is 2.13. The van der Waals surface area contributed by atoms with Crippen LogP contribution >= 0.6 is 11.3 Å². The zero-order valence-electron chi connectivity index (χ0n) is 9.40. The Bertz CT molecular complexity index is 293. The predicted molar refractivity (Wildman–Crippen MR) is 63.4 cm³/mol. The highest BCUT2D eigenvalue weighted by Gasteiger charge is 2.07. The number of nitrogens with zero attached hydrogens (tertiary/aromatic N) is 2. The quantitative estimate of drug-likeness (QED) is 0.670. The zero-order chi connectivity index (χ0) is 11.1. The van der Waals surface area contributed by atoms with Gasteiger partial charge in [-0.2, -0.15) is 0 Å². The van der Waals surface area contributed by atoms with Crippen LogP contribution in [0.4, 0.5) is 0 Å². The second kappa shape index (κ2) is 6.69. The van der Waals surface area contributed by atoms with Gasteiger partial charge in [-0.3, -0.25) is 9.69 Å². The molecule has 0 saturated carbocycles. The summed E-state index contributed by atoms with van der Waals surface area (Å²) in [7, 11) is 0. The number of hydrogen-bond donors (Lipinski definition) is 0. The van der Waals surface area contributed by atoms with E-state index < -0.39 is 0 Å². The summed E-state index contributed by atoms with van der Waals surface area (Å²) in [5, 5.41) is 2.86. The summed E-state index contributed by atoms with van der Waals surface area (Å²) in [4.78, 5) is 17.1. The third-order valence-corrected chi connectivity index (χ3v) is 2.98. The molecule has 0 fully saturated rings. The van der Waals surface area contributed by atoms with E-state index in [-0.39, 0.29) is 0 Å². The Hall–Kier alpha value is -0.740. The molecule has 0 aliphatic carbocycles. The van der Waals surface area contributed by atoms with Crippen molar-refractivity contribution in [1.82, 2.24) is 9.88 Å². The molecule has 0 radical (unpaired) electrons. The van der Waals surface area contributed by atoms with E-state index in [1.807, 2.05) is 5.38 Å². The Labute approximate surface area is 95.1 Å². The lowest BCUT2D eigenvalue weighted by Crippen LogP contribution is -2.24. The van der Waals surface area contributed by atoms with Crippen molar-refractivity contribution in [3.63, 3.8) is 0 Å². The molecule has 1 rings (SSSR count). The van der Waals surface area contributed by atoms with Gasteiger partial charge in [-0.05, 0) is 25.9 Å². The minimum atomic E-state index is 0.558. The SMILES string of the molecule is CCCN(CCC)Cc1nc(C=O)cs1. The van der Waals surface area contributed by atoms with Gasteiger partial charge in [-0.15, -0.1) is 11.3 Å². The molecule has 1 heterocycles. The largest absolute Gasteiger partial charge is 0.297 e. The van der Waals surface area contributed by atoms with Gasteiger partial charge in [0.05, 0.1) is 6.54 Å². The van der Waals surface area contributed by atoms with Crippen LogP contribution in [0.1, 0.15) is 42.2 Å². The number of aromatic nitrogens is 1. The first-order valence-electron chi connectivity index (χ1n) is 5.42. The van der Waals surface area contributed by atoms with Crippen LogP contribution in [0.15, 0.2) is 5.38 Å². The molecule has 1 aromatic rings. The average molecular weight is 226 g/mol. The van der Waals surface area contributed by atoms with E-state index in [9.17, 15) is 4.79 Å². The van der Waals surface area contributed by atoms with Gasteiger partial charge in [-0.1, -0.05) is 13.8 Å². The zero-order valence-corrected chi connectivity index (χ0v) is 10.2. The first-order valence-corrected chi connectivity index (χ1v) is 6.30. The smallest absolute Gasteiger partial charge is 0.169 e. The molecule has 0 bridgehead atoms. The van der Waals surface area contributed by atoms with Crippen LogP contribution in [0.25, 0.3) is 0 Å². The van der Waals surface area contributed by atoms with Crippen LogP contribution in [0, 0.1) is 0 Å². The molecular formula is C11H18N2OS. The van der Waals surface area contributed by atoms with Crippen LogP contribution in [0.2, 0.25) is 0 Å². The summed E-state index contributed by atoms with van der Waals surface area (Å²) in [6, 6.07) is 0. The summed E-state index contributed by atoms with van der Waals surface area (Å²) >= 11 is 1.57. The Balaban J connectivity index is 2.52.